The molecule has 0 aliphatic rings. The number of benzene rings is 2. The maximum absolute atomic E-state index is 12.8. The van der Waals surface area contributed by atoms with Crippen LogP contribution < -0.4 is 18.9 Å². The molecule has 2 aromatic rings. The summed E-state index contributed by atoms with van der Waals surface area (Å²) >= 11 is 5.40. The zero-order valence-electron chi connectivity index (χ0n) is 19.0. The summed E-state index contributed by atoms with van der Waals surface area (Å²) in [7, 11) is 1.88. The molecule has 0 heterocycles. The van der Waals surface area contributed by atoms with Crippen LogP contribution in [0.25, 0.3) is 6.08 Å². The average molecular weight is 513 g/mol. The maximum Gasteiger partial charge on any atom is 0.311 e. The minimum absolute atomic E-state index is 0.152. The number of halogens is 1. The third kappa shape index (κ3) is 6.88. The molecule has 0 saturated heterocycles. The summed E-state index contributed by atoms with van der Waals surface area (Å²) in [5, 5.41) is 9.72. The molecule has 1 atom stereocenters. The number of carbonyl (C=O) groups is 2. The number of ether oxygens (including phenoxy) is 4. The first-order chi connectivity index (χ1) is 16.0. The highest BCUT2D eigenvalue weighted by atomic mass is 35.5. The molecule has 2 rings (SSSR count). The molecule has 34 heavy (non-hydrogen) atoms. The van der Waals surface area contributed by atoms with Gasteiger partial charge in [-0.15, -0.1) is 0 Å². The van der Waals surface area contributed by atoms with Crippen LogP contribution >= 0.6 is 11.6 Å². The van der Waals surface area contributed by atoms with Crippen molar-refractivity contribution in [3.05, 3.63) is 52.4 Å². The van der Waals surface area contributed by atoms with Crippen LogP contribution in [0.5, 0.6) is 23.0 Å². The van der Waals surface area contributed by atoms with Crippen molar-refractivity contribution in [2.24, 2.45) is 0 Å². The molecule has 1 N–H and O–H groups in total. The highest BCUT2D eigenvalue weighted by molar-refractivity contribution is 7.93. The average Bonchev–Trinajstić information content (AvgIpc) is 2.79. The third-order valence-electron chi connectivity index (χ3n) is 4.90. The monoisotopic (exact) mass is 512 g/mol. The lowest BCUT2D eigenvalue weighted by Gasteiger charge is -2.16. The first kappa shape index (κ1) is 27.0. The van der Waals surface area contributed by atoms with Crippen LogP contribution in [0.2, 0.25) is 0 Å². The van der Waals surface area contributed by atoms with Crippen molar-refractivity contribution in [1.29, 1.82) is 0 Å². The van der Waals surface area contributed by atoms with E-state index in [1.807, 2.05) is 0 Å². The summed E-state index contributed by atoms with van der Waals surface area (Å²) in [4.78, 5) is 23.0. The zero-order valence-corrected chi connectivity index (χ0v) is 20.6. The third-order valence-corrected chi connectivity index (χ3v) is 6.34. The lowest BCUT2D eigenvalue weighted by molar-refractivity contribution is -0.140. The van der Waals surface area contributed by atoms with Gasteiger partial charge in [-0.05, 0) is 29.3 Å². The van der Waals surface area contributed by atoms with Gasteiger partial charge in [0.2, 0.25) is 5.24 Å². The number of rotatable bonds is 12. The quantitative estimate of drug-likeness (QED) is 0.424. The van der Waals surface area contributed by atoms with Crippen LogP contribution in [0.1, 0.15) is 29.0 Å². The predicted molar refractivity (Wildman–Crippen MR) is 127 cm³/mol. The highest BCUT2D eigenvalue weighted by Gasteiger charge is 2.26. The van der Waals surface area contributed by atoms with Crippen molar-refractivity contribution in [2.75, 3.05) is 28.4 Å². The number of aliphatic carboxylic acids is 1. The van der Waals surface area contributed by atoms with E-state index in [4.69, 9.17) is 30.5 Å². The van der Waals surface area contributed by atoms with Crippen LogP contribution in [-0.4, -0.2) is 53.2 Å². The normalized spacial score (nSPS) is 12.3. The van der Waals surface area contributed by atoms with E-state index in [0.29, 0.717) is 28.4 Å². The van der Waals surface area contributed by atoms with Crippen LogP contribution in [0, 0.1) is 0 Å². The van der Waals surface area contributed by atoms with Gasteiger partial charge >= 0.3 is 5.97 Å². The summed E-state index contributed by atoms with van der Waals surface area (Å²) < 4.78 is 46.7. The summed E-state index contributed by atoms with van der Waals surface area (Å²) in [5.41, 5.74) is 0.859. The number of carboxylic acids is 1. The van der Waals surface area contributed by atoms with E-state index in [2.05, 4.69) is 0 Å². The number of methoxy groups -OCH3 is 4. The van der Waals surface area contributed by atoms with E-state index >= 15 is 0 Å². The van der Waals surface area contributed by atoms with Crippen molar-refractivity contribution < 1.29 is 42.1 Å². The number of carbonyl (C=O) groups excluding carboxylic acids is 1. The standard InChI is InChI=1S/C23H25ClO9S/c1-30-15-10-20(32-3)16(21(11-15)33-4)7-8-34(28,29)13-14-5-6-19(31-2)17(9-14)18(23(26)27)12-22(24)25/h5-11,18H,12-13H2,1-4H3,(H,26,27). The fourth-order valence-electron chi connectivity index (χ4n) is 3.29. The molecule has 0 spiro atoms. The van der Waals surface area contributed by atoms with Gasteiger partial charge < -0.3 is 24.1 Å². The Labute approximate surface area is 202 Å². The van der Waals surface area contributed by atoms with Gasteiger partial charge in [0, 0.05) is 29.5 Å². The molecule has 9 nitrogen and oxygen atoms in total. The predicted octanol–water partition coefficient (Wildman–Crippen LogP) is 3.63. The van der Waals surface area contributed by atoms with E-state index in [-0.39, 0.29) is 11.3 Å². The van der Waals surface area contributed by atoms with Crippen LogP contribution in [0.4, 0.5) is 0 Å². The van der Waals surface area contributed by atoms with Gasteiger partial charge in [-0.25, -0.2) is 8.42 Å². The van der Waals surface area contributed by atoms with Gasteiger partial charge in [0.25, 0.3) is 0 Å². The number of sulfone groups is 1. The van der Waals surface area contributed by atoms with Crippen molar-refractivity contribution in [3.8, 4) is 23.0 Å². The Morgan fingerprint density at radius 2 is 1.56 bits per heavy atom. The first-order valence-corrected chi connectivity index (χ1v) is 11.9. The van der Waals surface area contributed by atoms with Gasteiger partial charge in [0.05, 0.1) is 45.7 Å². The first-order valence-electron chi connectivity index (χ1n) is 9.84. The summed E-state index contributed by atoms with van der Waals surface area (Å²) in [6.07, 6.45) is 0.878. The summed E-state index contributed by atoms with van der Waals surface area (Å²) in [6.45, 7) is 0. The summed E-state index contributed by atoms with van der Waals surface area (Å²) in [6, 6.07) is 7.53. The van der Waals surface area contributed by atoms with E-state index in [0.717, 1.165) is 5.41 Å². The second-order valence-electron chi connectivity index (χ2n) is 7.08. The fraction of sp³-hybridized carbons (Fsp3) is 0.304. The highest BCUT2D eigenvalue weighted by Crippen LogP contribution is 2.36. The SMILES string of the molecule is COc1cc(OC)c(C=CS(=O)(=O)Cc2ccc(OC)c(C(CC(=O)Cl)C(=O)O)c2)c(OC)c1. The molecule has 0 aliphatic carbocycles. The Balaban J connectivity index is 2.42. The molecule has 0 fully saturated rings. The molecule has 0 bridgehead atoms. The topological polar surface area (TPSA) is 125 Å². The lowest BCUT2D eigenvalue weighted by atomic mass is 9.94. The van der Waals surface area contributed by atoms with E-state index in [1.54, 1.807) is 12.1 Å². The van der Waals surface area contributed by atoms with Crippen molar-refractivity contribution in [1.82, 2.24) is 0 Å². The zero-order chi connectivity index (χ0) is 25.5. The summed E-state index contributed by atoms with van der Waals surface area (Å²) in [5.74, 6) is -1.62. The molecule has 1 unspecified atom stereocenters. The maximum atomic E-state index is 12.8. The molecule has 0 amide bonds. The number of hydrogen-bond donors (Lipinski definition) is 1. The van der Waals surface area contributed by atoms with Crippen molar-refractivity contribution in [2.45, 2.75) is 18.1 Å². The Morgan fingerprint density at radius 3 is 2.03 bits per heavy atom. The Kier molecular flexibility index (Phi) is 9.34. The van der Waals surface area contributed by atoms with Crippen molar-refractivity contribution >= 4 is 38.7 Å². The fourth-order valence-corrected chi connectivity index (χ4v) is 4.52. The van der Waals surface area contributed by atoms with Gasteiger partial charge in [-0.2, -0.15) is 0 Å². The van der Waals surface area contributed by atoms with Gasteiger partial charge in [0.1, 0.15) is 23.0 Å². The Bertz CT molecular complexity index is 1160. The second-order valence-corrected chi connectivity index (χ2v) is 9.39. The largest absolute Gasteiger partial charge is 0.496 e. The molecule has 0 saturated carbocycles. The molecular weight excluding hydrogens is 488 g/mol. The minimum atomic E-state index is -3.81. The Morgan fingerprint density at radius 1 is 0.971 bits per heavy atom. The minimum Gasteiger partial charge on any atom is -0.496 e. The van der Waals surface area contributed by atoms with Gasteiger partial charge in [0.15, 0.2) is 9.84 Å². The van der Waals surface area contributed by atoms with Crippen LogP contribution in [0.3, 0.4) is 0 Å². The number of hydrogen-bond acceptors (Lipinski definition) is 8. The molecule has 0 aromatic heterocycles. The molecule has 0 aliphatic heterocycles. The van der Waals surface area contributed by atoms with Crippen LogP contribution in [-0.2, 0) is 25.2 Å². The van der Waals surface area contributed by atoms with Gasteiger partial charge in [-0.1, -0.05) is 12.1 Å². The molecule has 11 heteroatoms. The van der Waals surface area contributed by atoms with E-state index in [9.17, 15) is 23.1 Å². The van der Waals surface area contributed by atoms with E-state index < -0.39 is 39.1 Å². The van der Waals surface area contributed by atoms with Crippen molar-refractivity contribution in [3.63, 3.8) is 0 Å². The molecule has 184 valence electrons. The lowest BCUT2D eigenvalue weighted by Crippen LogP contribution is -2.15. The molecular formula is C23H25ClO9S. The molecule has 2 aromatic carbocycles. The Hall–Kier alpha value is -3.24. The van der Waals surface area contributed by atoms with Gasteiger partial charge in [-0.3, -0.25) is 9.59 Å². The van der Waals surface area contributed by atoms with Crippen LogP contribution in [0.15, 0.2) is 35.7 Å². The van der Waals surface area contributed by atoms with E-state index in [1.165, 1.54) is 52.7 Å². The second kappa shape index (κ2) is 11.8. The smallest absolute Gasteiger partial charge is 0.311 e. The number of carboxylic acid groups (broad SMARTS) is 1. The molecule has 0 radical (unpaired) electrons.